The number of anilines is 1. The Labute approximate surface area is 116 Å². The highest BCUT2D eigenvalue weighted by Gasteiger charge is 2.09. The second-order valence-electron chi connectivity index (χ2n) is 4.01. The summed E-state index contributed by atoms with van der Waals surface area (Å²) in [5.41, 5.74) is 0.864. The molecule has 0 saturated carbocycles. The summed E-state index contributed by atoms with van der Waals surface area (Å²) in [6.45, 7) is 0.0170. The Bertz CT molecular complexity index is 667. The number of nitrogens with zero attached hydrogens (tertiary/aromatic N) is 3. The molecule has 6 nitrogen and oxygen atoms in total. The van der Waals surface area contributed by atoms with E-state index in [1.165, 1.54) is 0 Å². The van der Waals surface area contributed by atoms with E-state index in [1.807, 2.05) is 0 Å². The van der Waals surface area contributed by atoms with Gasteiger partial charge in [0, 0.05) is 19.7 Å². The van der Waals surface area contributed by atoms with Gasteiger partial charge in [0.25, 0.3) is 5.91 Å². The summed E-state index contributed by atoms with van der Waals surface area (Å²) in [7, 11) is 1.74. The minimum Gasteiger partial charge on any atom is -0.395 e. The largest absolute Gasteiger partial charge is 0.395 e. The molecule has 1 amide bonds. The smallest absolute Gasteiger partial charge is 0.277 e. The lowest BCUT2D eigenvalue weighted by Crippen LogP contribution is -2.14. The van der Waals surface area contributed by atoms with Crippen molar-refractivity contribution in [2.75, 3.05) is 11.9 Å². The first-order valence-electron chi connectivity index (χ1n) is 6.07. The van der Waals surface area contributed by atoms with Crippen LogP contribution in [0, 0.1) is 11.8 Å². The predicted octanol–water partition coefficient (Wildman–Crippen LogP) is 0.801. The van der Waals surface area contributed by atoms with E-state index < -0.39 is 0 Å². The van der Waals surface area contributed by atoms with Crippen LogP contribution >= 0.6 is 0 Å². The lowest BCUT2D eigenvalue weighted by Gasteiger charge is -2.02. The maximum Gasteiger partial charge on any atom is 0.277 e. The minimum absolute atomic E-state index is 0.0170. The van der Waals surface area contributed by atoms with Crippen LogP contribution in [0.4, 0.5) is 5.82 Å². The third-order valence-electron chi connectivity index (χ3n) is 2.39. The number of aliphatic hydroxyl groups excluding tert-OH is 1. The maximum atomic E-state index is 11.9. The number of amides is 1. The van der Waals surface area contributed by atoms with Gasteiger partial charge in [0.15, 0.2) is 5.69 Å². The van der Waals surface area contributed by atoms with E-state index in [9.17, 15) is 4.79 Å². The van der Waals surface area contributed by atoms with Gasteiger partial charge in [-0.25, -0.2) is 4.98 Å². The second-order valence-corrected chi connectivity index (χ2v) is 4.01. The van der Waals surface area contributed by atoms with Crippen molar-refractivity contribution in [3.05, 3.63) is 41.9 Å². The van der Waals surface area contributed by atoms with Crippen LogP contribution in [0.1, 0.15) is 22.6 Å². The van der Waals surface area contributed by atoms with Crippen molar-refractivity contribution in [1.29, 1.82) is 0 Å². The number of rotatable bonds is 3. The molecule has 0 aliphatic heterocycles. The summed E-state index contributed by atoms with van der Waals surface area (Å²) < 4.78 is 1.55. The summed E-state index contributed by atoms with van der Waals surface area (Å²) in [6.07, 6.45) is 2.09. The SMILES string of the molecule is Cn1ccc(C(=O)Nc2cccc(C#CCCO)n2)n1. The summed E-state index contributed by atoms with van der Waals surface area (Å²) in [5, 5.41) is 15.3. The van der Waals surface area contributed by atoms with E-state index in [1.54, 1.807) is 42.2 Å². The molecule has 0 aromatic carbocycles. The van der Waals surface area contributed by atoms with Crippen molar-refractivity contribution < 1.29 is 9.90 Å². The first-order chi connectivity index (χ1) is 9.69. The molecule has 0 aliphatic rings. The number of hydrogen-bond donors (Lipinski definition) is 2. The Hall–Kier alpha value is -2.65. The van der Waals surface area contributed by atoms with Crippen LogP contribution in [0.3, 0.4) is 0 Å². The number of aryl methyl sites for hydroxylation is 1. The third-order valence-corrected chi connectivity index (χ3v) is 2.39. The molecule has 2 aromatic heterocycles. The molecule has 0 atom stereocenters. The Kier molecular flexibility index (Phi) is 4.47. The van der Waals surface area contributed by atoms with Gasteiger partial charge in [-0.1, -0.05) is 12.0 Å². The van der Waals surface area contributed by atoms with E-state index in [0.29, 0.717) is 23.6 Å². The Morgan fingerprint density at radius 3 is 3.00 bits per heavy atom. The van der Waals surface area contributed by atoms with Gasteiger partial charge in [-0.2, -0.15) is 5.10 Å². The van der Waals surface area contributed by atoms with Crippen LogP contribution in [-0.2, 0) is 7.05 Å². The Morgan fingerprint density at radius 1 is 1.45 bits per heavy atom. The van der Waals surface area contributed by atoms with Gasteiger partial charge in [-0.3, -0.25) is 9.48 Å². The molecule has 0 unspecified atom stereocenters. The molecule has 20 heavy (non-hydrogen) atoms. The number of carbonyl (C=O) groups excluding carboxylic acids is 1. The molecule has 102 valence electrons. The highest BCUT2D eigenvalue weighted by Crippen LogP contribution is 2.06. The highest BCUT2D eigenvalue weighted by atomic mass is 16.2. The number of carbonyl (C=O) groups is 1. The highest BCUT2D eigenvalue weighted by molar-refractivity contribution is 6.02. The molecule has 0 saturated heterocycles. The molecule has 6 heteroatoms. The quantitative estimate of drug-likeness (QED) is 0.808. The first-order valence-corrected chi connectivity index (χ1v) is 6.07. The average molecular weight is 270 g/mol. The molecule has 2 rings (SSSR count). The summed E-state index contributed by atoms with van der Waals surface area (Å²) in [5.74, 6) is 5.68. The van der Waals surface area contributed by atoms with Crippen molar-refractivity contribution in [3.8, 4) is 11.8 Å². The van der Waals surface area contributed by atoms with Crippen LogP contribution < -0.4 is 5.32 Å². The number of aromatic nitrogens is 3. The fraction of sp³-hybridized carbons (Fsp3) is 0.214. The molecule has 2 heterocycles. The molecule has 0 fully saturated rings. The van der Waals surface area contributed by atoms with Crippen molar-refractivity contribution >= 4 is 11.7 Å². The monoisotopic (exact) mass is 270 g/mol. The zero-order chi connectivity index (χ0) is 14.4. The van der Waals surface area contributed by atoms with Crippen LogP contribution in [0.15, 0.2) is 30.5 Å². The molecular weight excluding hydrogens is 256 g/mol. The van der Waals surface area contributed by atoms with Crippen LogP contribution in [0.5, 0.6) is 0 Å². The van der Waals surface area contributed by atoms with Gasteiger partial charge in [-0.05, 0) is 24.1 Å². The predicted molar refractivity (Wildman–Crippen MR) is 74.0 cm³/mol. The third kappa shape index (κ3) is 3.67. The molecule has 0 aliphatic carbocycles. The number of nitrogens with one attached hydrogen (secondary N) is 1. The van der Waals surface area contributed by atoms with Gasteiger partial charge < -0.3 is 10.4 Å². The molecule has 0 radical (unpaired) electrons. The topological polar surface area (TPSA) is 80.0 Å². The first kappa shape index (κ1) is 13.8. The maximum absolute atomic E-state index is 11.9. The van der Waals surface area contributed by atoms with Gasteiger partial charge in [0.1, 0.15) is 11.5 Å². The van der Waals surface area contributed by atoms with E-state index in [0.717, 1.165) is 0 Å². The van der Waals surface area contributed by atoms with E-state index in [-0.39, 0.29) is 12.5 Å². The molecule has 0 bridgehead atoms. The van der Waals surface area contributed by atoms with Gasteiger partial charge in [-0.15, -0.1) is 0 Å². The zero-order valence-electron chi connectivity index (χ0n) is 11.0. The second kappa shape index (κ2) is 6.50. The number of hydrogen-bond acceptors (Lipinski definition) is 4. The Balaban J connectivity index is 2.08. The van der Waals surface area contributed by atoms with Crippen molar-refractivity contribution in [2.24, 2.45) is 7.05 Å². The summed E-state index contributed by atoms with van der Waals surface area (Å²) in [6, 6.07) is 6.79. The van der Waals surface area contributed by atoms with Gasteiger partial charge >= 0.3 is 0 Å². The lowest BCUT2D eigenvalue weighted by molar-refractivity contribution is 0.102. The van der Waals surface area contributed by atoms with Crippen molar-refractivity contribution in [3.63, 3.8) is 0 Å². The fourth-order valence-electron chi connectivity index (χ4n) is 1.50. The Morgan fingerprint density at radius 2 is 2.30 bits per heavy atom. The fourth-order valence-corrected chi connectivity index (χ4v) is 1.50. The molecular formula is C14H14N4O2. The number of aliphatic hydroxyl groups is 1. The minimum atomic E-state index is -0.321. The van der Waals surface area contributed by atoms with Crippen molar-refractivity contribution in [1.82, 2.24) is 14.8 Å². The normalized spacial score (nSPS) is 9.70. The summed E-state index contributed by atoms with van der Waals surface area (Å²) in [4.78, 5) is 16.1. The van der Waals surface area contributed by atoms with Gasteiger partial charge in [0.05, 0.1) is 6.61 Å². The molecule has 2 N–H and O–H groups in total. The zero-order valence-corrected chi connectivity index (χ0v) is 11.0. The average Bonchev–Trinajstić information content (AvgIpc) is 2.86. The van der Waals surface area contributed by atoms with Crippen LogP contribution in [0.2, 0.25) is 0 Å². The number of pyridine rings is 1. The summed E-state index contributed by atoms with van der Waals surface area (Å²) >= 11 is 0. The standard InChI is InChI=1S/C14H14N4O2/c1-18-9-8-12(17-18)14(20)16-13-7-4-6-11(15-13)5-2-3-10-19/h4,6-9,19H,3,10H2,1H3,(H,15,16,20). The van der Waals surface area contributed by atoms with Crippen LogP contribution in [-0.4, -0.2) is 32.4 Å². The van der Waals surface area contributed by atoms with Crippen molar-refractivity contribution in [2.45, 2.75) is 6.42 Å². The van der Waals surface area contributed by atoms with Crippen LogP contribution in [0.25, 0.3) is 0 Å². The lowest BCUT2D eigenvalue weighted by atomic mass is 10.3. The van der Waals surface area contributed by atoms with Gasteiger partial charge in [0.2, 0.25) is 0 Å². The molecule has 0 spiro atoms. The molecule has 2 aromatic rings. The van der Waals surface area contributed by atoms with E-state index in [4.69, 9.17) is 5.11 Å². The van der Waals surface area contributed by atoms with E-state index >= 15 is 0 Å². The van der Waals surface area contributed by atoms with E-state index in [2.05, 4.69) is 27.2 Å².